The van der Waals surface area contributed by atoms with E-state index in [0.29, 0.717) is 18.9 Å². The number of aliphatic hydroxyl groups is 1. The number of aliphatic hydroxyl groups excluding tert-OH is 1. The second kappa shape index (κ2) is 13.3. The average Bonchev–Trinajstić information content (AvgIpc) is 3.58. The van der Waals surface area contributed by atoms with Gasteiger partial charge in [-0.25, -0.2) is 4.99 Å². The maximum absolute atomic E-state index is 9.10. The molecule has 1 unspecified atom stereocenters. The third-order valence-corrected chi connectivity index (χ3v) is 8.19. The van der Waals surface area contributed by atoms with Crippen molar-refractivity contribution >= 4 is 29.0 Å². The molecule has 0 saturated heterocycles. The van der Waals surface area contributed by atoms with Crippen molar-refractivity contribution in [2.75, 3.05) is 19.0 Å². The van der Waals surface area contributed by atoms with Crippen molar-refractivity contribution in [3.8, 4) is 11.3 Å². The second-order valence-electron chi connectivity index (χ2n) is 11.3. The Balaban J connectivity index is 1.45. The molecule has 0 fully saturated rings. The molecule has 0 saturated carbocycles. The number of fused-ring (bicyclic) bond motifs is 3. The van der Waals surface area contributed by atoms with Crippen LogP contribution in [0.1, 0.15) is 69.7 Å². The number of aromatic nitrogens is 4. The molecule has 8 nitrogen and oxygen atoms in total. The Morgan fingerprint density at radius 3 is 2.67 bits per heavy atom. The van der Waals surface area contributed by atoms with E-state index in [1.165, 1.54) is 27.8 Å². The molecule has 1 atom stereocenters. The highest BCUT2D eigenvalue weighted by Gasteiger charge is 2.29. The topological polar surface area (TPSA) is 92.6 Å². The van der Waals surface area contributed by atoms with Crippen LogP contribution in [0.25, 0.3) is 22.4 Å². The van der Waals surface area contributed by atoms with Crippen LogP contribution >= 0.6 is 0 Å². The van der Waals surface area contributed by atoms with E-state index in [1.807, 2.05) is 36.4 Å². The molecule has 0 bridgehead atoms. The molecule has 42 heavy (non-hydrogen) atoms. The third kappa shape index (κ3) is 6.39. The lowest BCUT2D eigenvalue weighted by molar-refractivity contribution is 0.277. The molecule has 2 aliphatic rings. The van der Waals surface area contributed by atoms with Crippen LogP contribution in [0.3, 0.4) is 0 Å². The van der Waals surface area contributed by atoms with Crippen LogP contribution in [0, 0.1) is 5.92 Å². The minimum atomic E-state index is 0.160. The maximum atomic E-state index is 9.10. The summed E-state index contributed by atoms with van der Waals surface area (Å²) in [5, 5.41) is 22.1. The van der Waals surface area contributed by atoms with Crippen molar-refractivity contribution in [2.45, 2.75) is 65.8 Å². The van der Waals surface area contributed by atoms with E-state index in [4.69, 9.17) is 15.2 Å². The Morgan fingerprint density at radius 2 is 1.93 bits per heavy atom. The fourth-order valence-electron chi connectivity index (χ4n) is 5.78. The van der Waals surface area contributed by atoms with E-state index in [-0.39, 0.29) is 6.61 Å². The van der Waals surface area contributed by atoms with E-state index in [1.54, 1.807) is 0 Å². The quantitative estimate of drug-likeness (QED) is 0.282. The summed E-state index contributed by atoms with van der Waals surface area (Å²) >= 11 is 0. The van der Waals surface area contributed by atoms with Crippen LogP contribution in [0.5, 0.6) is 0 Å². The molecule has 1 aliphatic carbocycles. The van der Waals surface area contributed by atoms with Crippen LogP contribution < -0.4 is 5.32 Å². The summed E-state index contributed by atoms with van der Waals surface area (Å²) in [5.41, 5.74) is 11.0. The molecule has 8 heteroatoms. The minimum Gasteiger partial charge on any atom is -0.396 e. The zero-order valence-electron chi connectivity index (χ0n) is 25.6. The number of nitrogens with one attached hydrogen (secondary N) is 1. The van der Waals surface area contributed by atoms with E-state index in [0.717, 1.165) is 66.3 Å². The lowest BCUT2D eigenvalue weighted by Gasteiger charge is -2.24. The Labute approximate surface area is 249 Å². The first-order valence-electron chi connectivity index (χ1n) is 15.1. The van der Waals surface area contributed by atoms with Crippen LogP contribution in [0.2, 0.25) is 0 Å². The molecule has 5 rings (SSSR count). The van der Waals surface area contributed by atoms with Gasteiger partial charge in [-0.2, -0.15) is 10.2 Å². The molecule has 2 N–H and O–H groups in total. The number of rotatable bonds is 9. The Bertz CT molecular complexity index is 1560. The van der Waals surface area contributed by atoms with Crippen molar-refractivity contribution in [1.82, 2.24) is 19.6 Å². The van der Waals surface area contributed by atoms with Gasteiger partial charge in [-0.3, -0.25) is 14.4 Å². The maximum Gasteiger partial charge on any atom is 0.153 e. The summed E-state index contributed by atoms with van der Waals surface area (Å²) in [6.07, 6.45) is 13.5. The first-order chi connectivity index (χ1) is 20.4. The molecular weight excluding hydrogens is 522 g/mol. The Kier molecular flexibility index (Phi) is 9.32. The standard InChI is InChI=1S/C34H43N7O/c1-6-23(2)20-28(21-35-4)25-9-11-26(12-10-25)34-33-29(38-40(34)5)14-13-27-22-36-30(15-8-24(3)32(27)33)37-31-16-18-41(39-31)17-7-19-42/h9-12,16,18,20-23,42H,6-8,13-15,17,19H2,1-5H3,(H,36,37,39)/b27-22-,28-20+,32-24?,35-21?. The van der Waals surface area contributed by atoms with Gasteiger partial charge in [0.25, 0.3) is 0 Å². The number of nitrogens with zero attached hydrogens (tertiary/aromatic N) is 6. The summed E-state index contributed by atoms with van der Waals surface area (Å²) in [6.45, 7) is 7.56. The van der Waals surface area contributed by atoms with Crippen molar-refractivity contribution in [1.29, 1.82) is 0 Å². The smallest absolute Gasteiger partial charge is 0.153 e. The number of benzene rings is 1. The highest BCUT2D eigenvalue weighted by Crippen LogP contribution is 2.44. The van der Waals surface area contributed by atoms with Gasteiger partial charge >= 0.3 is 0 Å². The molecule has 0 radical (unpaired) electrons. The van der Waals surface area contributed by atoms with Crippen LogP contribution in [0.15, 0.2) is 69.9 Å². The van der Waals surface area contributed by atoms with Gasteiger partial charge in [-0.15, -0.1) is 0 Å². The number of allylic oxidation sites excluding steroid dienone is 5. The lowest BCUT2D eigenvalue weighted by atomic mass is 9.81. The zero-order valence-corrected chi connectivity index (χ0v) is 25.6. The van der Waals surface area contributed by atoms with Crippen molar-refractivity contribution in [3.63, 3.8) is 0 Å². The van der Waals surface area contributed by atoms with Crippen molar-refractivity contribution in [2.24, 2.45) is 23.0 Å². The van der Waals surface area contributed by atoms with Gasteiger partial charge in [0.1, 0.15) is 5.84 Å². The monoisotopic (exact) mass is 565 g/mol. The summed E-state index contributed by atoms with van der Waals surface area (Å²) < 4.78 is 3.90. The number of hydrogen-bond acceptors (Lipinski definition) is 6. The van der Waals surface area contributed by atoms with E-state index >= 15 is 0 Å². The first kappa shape index (κ1) is 29.5. The van der Waals surface area contributed by atoms with Gasteiger partial charge in [0.05, 0.1) is 11.4 Å². The van der Waals surface area contributed by atoms with Gasteiger partial charge in [0, 0.05) is 69.5 Å². The van der Waals surface area contributed by atoms with Crippen LogP contribution in [0.4, 0.5) is 5.82 Å². The Hall–Kier alpha value is -4.04. The Morgan fingerprint density at radius 1 is 1.12 bits per heavy atom. The summed E-state index contributed by atoms with van der Waals surface area (Å²) in [5.74, 6) is 2.19. The molecule has 1 aliphatic heterocycles. The van der Waals surface area contributed by atoms with Gasteiger partial charge in [-0.1, -0.05) is 56.2 Å². The number of aryl methyl sites for hydroxylation is 3. The molecule has 3 heterocycles. The average molecular weight is 566 g/mol. The number of aliphatic imine (C=N–C) groups is 2. The predicted molar refractivity (Wildman–Crippen MR) is 174 cm³/mol. The summed E-state index contributed by atoms with van der Waals surface area (Å²) in [6, 6.07) is 10.8. The molecular formula is C34H43N7O. The van der Waals surface area contributed by atoms with Crippen LogP contribution in [-0.4, -0.2) is 50.4 Å². The lowest BCUT2D eigenvalue weighted by Crippen LogP contribution is -2.15. The normalized spacial score (nSPS) is 17.7. The molecule has 2 aromatic heterocycles. The first-order valence-corrected chi connectivity index (χ1v) is 15.1. The zero-order chi connectivity index (χ0) is 29.6. The molecule has 1 aromatic carbocycles. The van der Waals surface area contributed by atoms with Crippen molar-refractivity contribution in [3.05, 3.63) is 76.8 Å². The fraction of sp³-hybridized carbons (Fsp3) is 0.412. The largest absolute Gasteiger partial charge is 0.396 e. The van der Waals surface area contributed by atoms with Crippen molar-refractivity contribution < 1.29 is 5.11 Å². The third-order valence-electron chi connectivity index (χ3n) is 8.19. The highest BCUT2D eigenvalue weighted by atomic mass is 16.3. The summed E-state index contributed by atoms with van der Waals surface area (Å²) in [7, 11) is 3.88. The molecule has 220 valence electrons. The van der Waals surface area contributed by atoms with Gasteiger partial charge in [0.2, 0.25) is 0 Å². The summed E-state index contributed by atoms with van der Waals surface area (Å²) in [4.78, 5) is 9.21. The SMILES string of the molecule is CCC(C)/C=C(\C=NC)c1ccc(-c2c3c(nn2C)CC/C2=C/N=C(Nc4ccn(CCCO)n4)CCC(C)=C23)cc1. The van der Waals surface area contributed by atoms with Gasteiger partial charge in [-0.05, 0) is 60.8 Å². The number of hydrogen-bond donors (Lipinski definition) is 2. The minimum absolute atomic E-state index is 0.160. The molecule has 0 spiro atoms. The van der Waals surface area contributed by atoms with Crippen LogP contribution in [-0.2, 0) is 20.0 Å². The van der Waals surface area contributed by atoms with E-state index in [9.17, 15) is 0 Å². The number of anilines is 1. The highest BCUT2D eigenvalue weighted by molar-refractivity contribution is 6.10. The van der Waals surface area contributed by atoms with Gasteiger partial charge in [0.15, 0.2) is 5.82 Å². The van der Waals surface area contributed by atoms with E-state index in [2.05, 4.69) is 78.3 Å². The number of amidine groups is 1. The predicted octanol–water partition coefficient (Wildman–Crippen LogP) is 6.70. The molecule has 0 amide bonds. The second-order valence-corrected chi connectivity index (χ2v) is 11.3. The van der Waals surface area contributed by atoms with E-state index < -0.39 is 0 Å². The fourth-order valence-corrected chi connectivity index (χ4v) is 5.78. The molecule has 3 aromatic rings. The van der Waals surface area contributed by atoms with Gasteiger partial charge < -0.3 is 10.4 Å².